The number of H-pyrrole nitrogens is 1. The third-order valence-electron chi connectivity index (χ3n) is 4.13. The monoisotopic (exact) mass is 291 g/mol. The van der Waals surface area contributed by atoms with Gasteiger partial charge in [0, 0.05) is 17.6 Å². The number of aromatic nitrogens is 1. The molecule has 1 fully saturated rings. The van der Waals surface area contributed by atoms with Gasteiger partial charge in [-0.15, -0.1) is 0 Å². The van der Waals surface area contributed by atoms with E-state index in [2.05, 4.69) is 9.88 Å². The van der Waals surface area contributed by atoms with E-state index in [9.17, 15) is 14.3 Å². The van der Waals surface area contributed by atoms with Gasteiger partial charge >= 0.3 is 6.09 Å². The van der Waals surface area contributed by atoms with Crippen LogP contribution in [0, 0.1) is 5.82 Å². The minimum atomic E-state index is -1.03. The molecule has 3 rings (SSSR count). The fraction of sp³-hybridized carbons (Fsp3) is 0.400. The van der Waals surface area contributed by atoms with Crippen LogP contribution in [-0.2, 0) is 0 Å². The Labute approximate surface area is 122 Å². The Kier molecular flexibility index (Phi) is 3.55. The smallest absolute Gasteiger partial charge is 0.412 e. The number of nitrogens with one attached hydrogen (secondary N) is 1. The Morgan fingerprint density at radius 2 is 2.14 bits per heavy atom. The van der Waals surface area contributed by atoms with Crippen LogP contribution in [0.5, 0.6) is 0 Å². The van der Waals surface area contributed by atoms with Crippen molar-refractivity contribution in [3.8, 4) is 0 Å². The number of carbonyl (C=O) groups is 1. The van der Waals surface area contributed by atoms with Crippen molar-refractivity contribution < 1.29 is 14.3 Å². The molecule has 0 bridgehead atoms. The molecule has 2 heterocycles. The van der Waals surface area contributed by atoms with E-state index in [-0.39, 0.29) is 6.04 Å². The molecule has 1 aromatic carbocycles. The third-order valence-corrected chi connectivity index (χ3v) is 4.13. The highest BCUT2D eigenvalue weighted by Gasteiger charge is 2.29. The number of hydrogen-bond acceptors (Lipinski definition) is 2. The van der Waals surface area contributed by atoms with E-state index in [1.54, 1.807) is 12.3 Å². The van der Waals surface area contributed by atoms with Crippen molar-refractivity contribution in [2.45, 2.75) is 18.9 Å². The zero-order valence-corrected chi connectivity index (χ0v) is 11.8. The number of anilines is 1. The summed E-state index contributed by atoms with van der Waals surface area (Å²) in [6, 6.07) is 4.36. The molecule has 0 aliphatic carbocycles. The van der Waals surface area contributed by atoms with Gasteiger partial charge in [-0.2, -0.15) is 0 Å². The fourth-order valence-corrected chi connectivity index (χ4v) is 3.02. The highest BCUT2D eigenvalue weighted by molar-refractivity contribution is 6.00. The lowest BCUT2D eigenvalue weighted by Crippen LogP contribution is -2.46. The van der Waals surface area contributed by atoms with Crippen molar-refractivity contribution in [2.75, 3.05) is 25.0 Å². The number of hydrogen-bond donors (Lipinski definition) is 2. The van der Waals surface area contributed by atoms with Crippen LogP contribution in [0.15, 0.2) is 24.4 Å². The Bertz CT molecular complexity index is 662. The summed E-state index contributed by atoms with van der Waals surface area (Å²) in [5, 5.41) is 10.3. The second-order valence-electron chi connectivity index (χ2n) is 5.55. The molecule has 1 saturated heterocycles. The van der Waals surface area contributed by atoms with Crippen LogP contribution in [0.4, 0.5) is 14.9 Å². The van der Waals surface area contributed by atoms with E-state index in [1.165, 1.54) is 17.0 Å². The highest BCUT2D eigenvalue weighted by atomic mass is 19.1. The number of nitrogens with zero attached hydrogens (tertiary/aromatic N) is 2. The highest BCUT2D eigenvalue weighted by Crippen LogP contribution is 2.31. The van der Waals surface area contributed by atoms with E-state index >= 15 is 0 Å². The first-order valence-corrected chi connectivity index (χ1v) is 7.03. The number of benzene rings is 1. The fourth-order valence-electron chi connectivity index (χ4n) is 3.02. The second-order valence-corrected chi connectivity index (χ2v) is 5.55. The van der Waals surface area contributed by atoms with E-state index < -0.39 is 11.9 Å². The number of fused-ring (bicyclic) bond motifs is 1. The molecule has 0 unspecified atom stereocenters. The summed E-state index contributed by atoms with van der Waals surface area (Å²) in [4.78, 5) is 18.2. The molecule has 0 radical (unpaired) electrons. The van der Waals surface area contributed by atoms with Gasteiger partial charge in [0.2, 0.25) is 0 Å². The van der Waals surface area contributed by atoms with E-state index in [4.69, 9.17) is 0 Å². The number of piperidine rings is 1. The van der Waals surface area contributed by atoms with Crippen molar-refractivity contribution in [3.05, 3.63) is 30.2 Å². The van der Waals surface area contributed by atoms with Crippen LogP contribution in [-0.4, -0.2) is 47.3 Å². The van der Waals surface area contributed by atoms with E-state index in [1.807, 2.05) is 7.05 Å². The zero-order chi connectivity index (χ0) is 15.0. The van der Waals surface area contributed by atoms with Gasteiger partial charge in [-0.1, -0.05) is 0 Å². The Morgan fingerprint density at radius 3 is 2.81 bits per heavy atom. The van der Waals surface area contributed by atoms with Gasteiger partial charge in [-0.25, -0.2) is 9.18 Å². The lowest BCUT2D eigenvalue weighted by Gasteiger charge is -2.36. The second kappa shape index (κ2) is 5.37. The number of likely N-dealkylation sites (tertiary alicyclic amines) is 1. The molecule has 1 aliphatic heterocycles. The first kappa shape index (κ1) is 13.9. The average Bonchev–Trinajstić information content (AvgIpc) is 2.89. The first-order chi connectivity index (χ1) is 10.1. The number of carboxylic acid groups (broad SMARTS) is 1. The van der Waals surface area contributed by atoms with Crippen LogP contribution >= 0.6 is 0 Å². The molecule has 112 valence electrons. The molecule has 21 heavy (non-hydrogen) atoms. The lowest BCUT2D eigenvalue weighted by atomic mass is 10.0. The van der Waals surface area contributed by atoms with Crippen LogP contribution < -0.4 is 4.90 Å². The molecule has 1 aromatic heterocycles. The number of aromatic amines is 1. The van der Waals surface area contributed by atoms with E-state index in [0.29, 0.717) is 11.2 Å². The SMILES string of the molecule is CN1CCC(N(C(=O)O)c2cc(F)cc3[nH]ccc23)CC1. The molecule has 0 spiro atoms. The van der Waals surface area contributed by atoms with Crippen LogP contribution in [0.1, 0.15) is 12.8 Å². The number of halogens is 1. The maximum Gasteiger partial charge on any atom is 0.412 e. The normalized spacial score (nSPS) is 17.2. The molecule has 1 amide bonds. The molecule has 2 aromatic rings. The van der Waals surface area contributed by atoms with Gasteiger partial charge in [0.15, 0.2) is 0 Å². The van der Waals surface area contributed by atoms with Crippen molar-refractivity contribution in [1.29, 1.82) is 0 Å². The minimum Gasteiger partial charge on any atom is -0.465 e. The van der Waals surface area contributed by atoms with E-state index in [0.717, 1.165) is 31.3 Å². The van der Waals surface area contributed by atoms with Gasteiger partial charge in [-0.05, 0) is 51.2 Å². The number of amides is 1. The van der Waals surface area contributed by atoms with Crippen molar-refractivity contribution in [3.63, 3.8) is 0 Å². The van der Waals surface area contributed by atoms with Crippen molar-refractivity contribution >= 4 is 22.7 Å². The quantitative estimate of drug-likeness (QED) is 0.894. The summed E-state index contributed by atoms with van der Waals surface area (Å²) in [6.07, 6.45) is 2.18. The summed E-state index contributed by atoms with van der Waals surface area (Å²) < 4.78 is 13.8. The first-order valence-electron chi connectivity index (χ1n) is 7.03. The van der Waals surface area contributed by atoms with Crippen molar-refractivity contribution in [1.82, 2.24) is 9.88 Å². The Balaban J connectivity index is 2.03. The summed E-state index contributed by atoms with van der Waals surface area (Å²) >= 11 is 0. The lowest BCUT2D eigenvalue weighted by molar-refractivity contribution is 0.190. The van der Waals surface area contributed by atoms with Gasteiger partial charge in [0.25, 0.3) is 0 Å². The molecule has 1 aliphatic rings. The minimum absolute atomic E-state index is 0.112. The molecule has 5 nitrogen and oxygen atoms in total. The maximum absolute atomic E-state index is 13.8. The van der Waals surface area contributed by atoms with Gasteiger partial charge < -0.3 is 15.0 Å². The topological polar surface area (TPSA) is 59.6 Å². The van der Waals surface area contributed by atoms with Gasteiger partial charge in [-0.3, -0.25) is 4.90 Å². The standard InChI is InChI=1S/C15H18FN3O2/c1-18-6-3-11(4-7-18)19(15(20)21)14-9-10(16)8-13-12(14)2-5-17-13/h2,5,8-9,11,17H,3-4,6-7H2,1H3,(H,20,21). The van der Waals surface area contributed by atoms with Crippen LogP contribution in [0.25, 0.3) is 10.9 Å². The maximum atomic E-state index is 13.8. The molecule has 0 saturated carbocycles. The van der Waals surface area contributed by atoms with Gasteiger partial charge in [0.1, 0.15) is 5.82 Å². The molecular formula is C15H18FN3O2. The molecule has 2 N–H and O–H groups in total. The Hall–Kier alpha value is -2.08. The summed E-state index contributed by atoms with van der Waals surface area (Å²) in [6.45, 7) is 1.69. The Morgan fingerprint density at radius 1 is 1.43 bits per heavy atom. The summed E-state index contributed by atoms with van der Waals surface area (Å²) in [5.74, 6) is -0.431. The largest absolute Gasteiger partial charge is 0.465 e. The molecule has 6 heteroatoms. The average molecular weight is 291 g/mol. The predicted octanol–water partition coefficient (Wildman–Crippen LogP) is 2.89. The predicted molar refractivity (Wildman–Crippen MR) is 79.3 cm³/mol. The zero-order valence-electron chi connectivity index (χ0n) is 11.8. The third kappa shape index (κ3) is 2.58. The van der Waals surface area contributed by atoms with Gasteiger partial charge in [0.05, 0.1) is 11.2 Å². The van der Waals surface area contributed by atoms with Crippen LogP contribution in [0.2, 0.25) is 0 Å². The molecule has 0 atom stereocenters. The molecular weight excluding hydrogens is 273 g/mol. The summed E-state index contributed by atoms with van der Waals surface area (Å²) in [7, 11) is 2.02. The van der Waals surface area contributed by atoms with Crippen LogP contribution in [0.3, 0.4) is 0 Å². The number of rotatable bonds is 2. The summed E-state index contributed by atoms with van der Waals surface area (Å²) in [5.41, 5.74) is 1.04. The van der Waals surface area contributed by atoms with Crippen molar-refractivity contribution in [2.24, 2.45) is 0 Å².